The van der Waals surface area contributed by atoms with Crippen LogP contribution in [0.15, 0.2) is 24.3 Å². The molecule has 1 atom stereocenters. The Balaban J connectivity index is 1.92. The van der Waals surface area contributed by atoms with E-state index in [0.717, 1.165) is 18.2 Å². The van der Waals surface area contributed by atoms with E-state index in [0.29, 0.717) is 25.9 Å². The first-order chi connectivity index (χ1) is 10.8. The summed E-state index contributed by atoms with van der Waals surface area (Å²) in [6, 6.07) is 5.20. The Morgan fingerprint density at radius 1 is 1.30 bits per heavy atom. The SMILES string of the molecule is COc1ccccc1C1CCN(C(=O)NC(C)C(F)(F)F)CC1. The summed E-state index contributed by atoms with van der Waals surface area (Å²) < 4.78 is 42.8. The lowest BCUT2D eigenvalue weighted by Gasteiger charge is -2.33. The van der Waals surface area contributed by atoms with Gasteiger partial charge in [-0.3, -0.25) is 0 Å². The number of piperidine rings is 1. The Morgan fingerprint density at radius 3 is 2.48 bits per heavy atom. The summed E-state index contributed by atoms with van der Waals surface area (Å²) in [5, 5.41) is 2.00. The van der Waals surface area contributed by atoms with Crippen LogP contribution in [0.2, 0.25) is 0 Å². The summed E-state index contributed by atoms with van der Waals surface area (Å²) in [6.07, 6.45) is -3.02. The zero-order valence-electron chi connectivity index (χ0n) is 13.2. The first-order valence-electron chi connectivity index (χ1n) is 7.58. The number of alkyl halides is 3. The van der Waals surface area contributed by atoms with Gasteiger partial charge in [0.05, 0.1) is 7.11 Å². The summed E-state index contributed by atoms with van der Waals surface area (Å²) in [5.41, 5.74) is 1.08. The van der Waals surface area contributed by atoms with E-state index < -0.39 is 18.2 Å². The highest BCUT2D eigenvalue weighted by Crippen LogP contribution is 2.34. The molecule has 0 radical (unpaired) electrons. The number of amides is 2. The number of urea groups is 1. The van der Waals surface area contributed by atoms with Gasteiger partial charge in [0.1, 0.15) is 11.8 Å². The Bertz CT molecular complexity index is 540. The van der Waals surface area contributed by atoms with E-state index in [1.54, 1.807) is 7.11 Å². The maximum absolute atomic E-state index is 12.5. The number of carbonyl (C=O) groups excluding carboxylic acids is 1. The summed E-state index contributed by atoms with van der Waals surface area (Å²) in [7, 11) is 1.61. The third-order valence-electron chi connectivity index (χ3n) is 4.19. The molecule has 1 fully saturated rings. The topological polar surface area (TPSA) is 41.6 Å². The number of rotatable bonds is 3. The number of hydrogen-bond acceptors (Lipinski definition) is 2. The highest BCUT2D eigenvalue weighted by molar-refractivity contribution is 5.74. The molecule has 1 saturated heterocycles. The molecule has 1 aliphatic heterocycles. The van der Waals surface area contributed by atoms with Gasteiger partial charge in [-0.05, 0) is 37.3 Å². The maximum Gasteiger partial charge on any atom is 0.408 e. The third kappa shape index (κ3) is 4.30. The van der Waals surface area contributed by atoms with Gasteiger partial charge in [-0.15, -0.1) is 0 Å². The molecule has 0 aliphatic carbocycles. The zero-order chi connectivity index (χ0) is 17.0. The average molecular weight is 330 g/mol. The molecule has 1 aliphatic rings. The summed E-state index contributed by atoms with van der Waals surface area (Å²) in [4.78, 5) is 13.4. The van der Waals surface area contributed by atoms with Crippen molar-refractivity contribution in [1.82, 2.24) is 10.2 Å². The van der Waals surface area contributed by atoms with E-state index in [9.17, 15) is 18.0 Å². The lowest BCUT2D eigenvalue weighted by molar-refractivity contribution is -0.149. The van der Waals surface area contributed by atoms with Crippen LogP contribution in [0.5, 0.6) is 5.75 Å². The van der Waals surface area contributed by atoms with E-state index in [1.807, 2.05) is 29.6 Å². The number of halogens is 3. The molecule has 23 heavy (non-hydrogen) atoms. The second kappa shape index (κ2) is 7.10. The fourth-order valence-corrected chi connectivity index (χ4v) is 2.76. The van der Waals surface area contributed by atoms with Crippen molar-refractivity contribution in [3.63, 3.8) is 0 Å². The molecule has 1 aromatic carbocycles. The van der Waals surface area contributed by atoms with Crippen molar-refractivity contribution in [3.05, 3.63) is 29.8 Å². The molecule has 0 bridgehead atoms. The lowest BCUT2D eigenvalue weighted by atomic mass is 9.89. The van der Waals surface area contributed by atoms with Crippen LogP contribution < -0.4 is 10.1 Å². The van der Waals surface area contributed by atoms with Gasteiger partial charge in [0, 0.05) is 13.1 Å². The third-order valence-corrected chi connectivity index (χ3v) is 4.19. The number of carbonyl (C=O) groups is 1. The van der Waals surface area contributed by atoms with Crippen LogP contribution in [-0.4, -0.2) is 43.3 Å². The number of hydrogen-bond donors (Lipinski definition) is 1. The zero-order valence-corrected chi connectivity index (χ0v) is 13.2. The molecular weight excluding hydrogens is 309 g/mol. The molecule has 2 amide bonds. The summed E-state index contributed by atoms with van der Waals surface area (Å²) in [5.74, 6) is 1.05. The Kier molecular flexibility index (Phi) is 5.38. The van der Waals surface area contributed by atoms with Crippen molar-refractivity contribution in [2.45, 2.75) is 37.9 Å². The van der Waals surface area contributed by atoms with Gasteiger partial charge >= 0.3 is 12.2 Å². The number of likely N-dealkylation sites (tertiary alicyclic amines) is 1. The minimum absolute atomic E-state index is 0.246. The molecule has 7 heteroatoms. The molecule has 2 rings (SSSR count). The summed E-state index contributed by atoms with van der Waals surface area (Å²) >= 11 is 0. The number of nitrogens with zero attached hydrogens (tertiary/aromatic N) is 1. The summed E-state index contributed by atoms with van der Waals surface area (Å²) in [6.45, 7) is 1.80. The van der Waals surface area contributed by atoms with E-state index in [2.05, 4.69) is 0 Å². The van der Waals surface area contributed by atoms with Crippen LogP contribution in [0, 0.1) is 0 Å². The Labute approximate surface area is 133 Å². The van der Waals surface area contributed by atoms with E-state index in [1.165, 1.54) is 4.90 Å². The molecular formula is C16H21F3N2O2. The van der Waals surface area contributed by atoms with Gasteiger partial charge in [0.25, 0.3) is 0 Å². The van der Waals surface area contributed by atoms with E-state index in [4.69, 9.17) is 4.74 Å². The van der Waals surface area contributed by atoms with Crippen molar-refractivity contribution >= 4 is 6.03 Å². The molecule has 1 unspecified atom stereocenters. The van der Waals surface area contributed by atoms with Crippen LogP contribution in [0.4, 0.5) is 18.0 Å². The minimum Gasteiger partial charge on any atom is -0.496 e. The first kappa shape index (κ1) is 17.4. The fraction of sp³-hybridized carbons (Fsp3) is 0.562. The van der Waals surface area contributed by atoms with Crippen molar-refractivity contribution < 1.29 is 22.7 Å². The van der Waals surface area contributed by atoms with Gasteiger partial charge in [-0.1, -0.05) is 18.2 Å². The smallest absolute Gasteiger partial charge is 0.408 e. The van der Waals surface area contributed by atoms with Crippen LogP contribution >= 0.6 is 0 Å². The van der Waals surface area contributed by atoms with Crippen molar-refractivity contribution in [2.24, 2.45) is 0 Å². The molecule has 1 aromatic rings. The van der Waals surface area contributed by atoms with E-state index >= 15 is 0 Å². The molecule has 0 aromatic heterocycles. The van der Waals surface area contributed by atoms with Gasteiger partial charge in [0.2, 0.25) is 0 Å². The fourth-order valence-electron chi connectivity index (χ4n) is 2.76. The van der Waals surface area contributed by atoms with E-state index in [-0.39, 0.29) is 5.92 Å². The largest absolute Gasteiger partial charge is 0.496 e. The van der Waals surface area contributed by atoms with Gasteiger partial charge in [0.15, 0.2) is 0 Å². The van der Waals surface area contributed by atoms with Crippen molar-refractivity contribution in [3.8, 4) is 5.75 Å². The maximum atomic E-state index is 12.5. The lowest BCUT2D eigenvalue weighted by Crippen LogP contribution is -2.51. The monoisotopic (exact) mass is 330 g/mol. The molecule has 128 valence electrons. The molecule has 0 spiro atoms. The van der Waals surface area contributed by atoms with Gasteiger partial charge in [-0.25, -0.2) is 4.79 Å². The number of benzene rings is 1. The second-order valence-corrected chi connectivity index (χ2v) is 5.72. The molecule has 0 saturated carbocycles. The van der Waals surface area contributed by atoms with Crippen molar-refractivity contribution in [1.29, 1.82) is 0 Å². The number of nitrogens with one attached hydrogen (secondary N) is 1. The Morgan fingerprint density at radius 2 is 1.91 bits per heavy atom. The molecule has 1 heterocycles. The van der Waals surface area contributed by atoms with Gasteiger partial charge < -0.3 is 15.0 Å². The predicted octanol–water partition coefficient (Wildman–Crippen LogP) is 3.54. The molecule has 1 N–H and O–H groups in total. The van der Waals surface area contributed by atoms with Gasteiger partial charge in [-0.2, -0.15) is 13.2 Å². The van der Waals surface area contributed by atoms with Crippen LogP contribution in [0.1, 0.15) is 31.2 Å². The number of ether oxygens (including phenoxy) is 1. The average Bonchev–Trinajstić information content (AvgIpc) is 2.54. The van der Waals surface area contributed by atoms with Crippen molar-refractivity contribution in [2.75, 3.05) is 20.2 Å². The van der Waals surface area contributed by atoms with Crippen LogP contribution in [-0.2, 0) is 0 Å². The predicted molar refractivity (Wildman–Crippen MR) is 80.6 cm³/mol. The quantitative estimate of drug-likeness (QED) is 0.921. The number of methoxy groups -OCH3 is 1. The number of para-hydroxylation sites is 1. The minimum atomic E-state index is -4.43. The Hall–Kier alpha value is -1.92. The second-order valence-electron chi connectivity index (χ2n) is 5.72. The normalized spacial score (nSPS) is 17.7. The van der Waals surface area contributed by atoms with Crippen LogP contribution in [0.3, 0.4) is 0 Å². The highest BCUT2D eigenvalue weighted by atomic mass is 19.4. The van der Waals surface area contributed by atoms with Crippen LogP contribution in [0.25, 0.3) is 0 Å². The standard InChI is InChI=1S/C16H21F3N2O2/c1-11(16(17,18)19)20-15(22)21-9-7-12(8-10-21)13-5-3-4-6-14(13)23-2/h3-6,11-12H,7-10H2,1-2H3,(H,20,22). The highest BCUT2D eigenvalue weighted by Gasteiger charge is 2.38. The first-order valence-corrected chi connectivity index (χ1v) is 7.58. The molecule has 4 nitrogen and oxygen atoms in total.